The van der Waals surface area contributed by atoms with E-state index in [1.54, 1.807) is 17.9 Å². The molecule has 0 bridgehead atoms. The van der Waals surface area contributed by atoms with Crippen LogP contribution in [-0.4, -0.2) is 35.0 Å². The number of aliphatic carboxylic acids is 1. The molecule has 0 fully saturated rings. The number of carbonyl (C=O) groups is 2. The standard InChI is InChI=1S/C14H18BrNO3/c1-4-16(8-10(3)14(18)19)13(17)11-7-9(2)5-6-12(11)15/h5-7,10H,4,8H2,1-3H3,(H,18,19). The van der Waals surface area contributed by atoms with Gasteiger partial charge < -0.3 is 10.0 Å². The number of nitrogens with zero attached hydrogens (tertiary/aromatic N) is 1. The maximum absolute atomic E-state index is 12.4. The van der Waals surface area contributed by atoms with Crippen molar-refractivity contribution in [3.05, 3.63) is 33.8 Å². The van der Waals surface area contributed by atoms with E-state index in [0.717, 1.165) is 10.0 Å². The first-order chi connectivity index (χ1) is 8.86. The fourth-order valence-electron chi connectivity index (χ4n) is 1.74. The number of rotatable bonds is 5. The van der Waals surface area contributed by atoms with E-state index in [4.69, 9.17) is 5.11 Å². The first kappa shape index (κ1) is 15.7. The quantitative estimate of drug-likeness (QED) is 0.904. The fraction of sp³-hybridized carbons (Fsp3) is 0.429. The minimum absolute atomic E-state index is 0.147. The number of aryl methyl sites for hydroxylation is 1. The van der Waals surface area contributed by atoms with Gasteiger partial charge in [0.1, 0.15) is 0 Å². The third kappa shape index (κ3) is 4.06. The van der Waals surface area contributed by atoms with Crippen LogP contribution >= 0.6 is 15.9 Å². The molecule has 1 rings (SSSR count). The fourth-order valence-corrected chi connectivity index (χ4v) is 2.15. The molecule has 1 N–H and O–H groups in total. The lowest BCUT2D eigenvalue weighted by Gasteiger charge is -2.23. The van der Waals surface area contributed by atoms with Crippen LogP contribution in [0.15, 0.2) is 22.7 Å². The Morgan fingerprint density at radius 1 is 1.42 bits per heavy atom. The molecule has 0 heterocycles. The Morgan fingerprint density at radius 3 is 2.58 bits per heavy atom. The molecule has 0 saturated carbocycles. The summed E-state index contributed by atoms with van der Waals surface area (Å²) in [5.74, 6) is -1.62. The highest BCUT2D eigenvalue weighted by atomic mass is 79.9. The van der Waals surface area contributed by atoms with E-state index in [1.807, 2.05) is 26.0 Å². The van der Waals surface area contributed by atoms with Crippen molar-refractivity contribution < 1.29 is 14.7 Å². The van der Waals surface area contributed by atoms with Crippen molar-refractivity contribution in [3.8, 4) is 0 Å². The number of benzene rings is 1. The molecular formula is C14H18BrNO3. The van der Waals surface area contributed by atoms with Gasteiger partial charge in [-0.1, -0.05) is 18.6 Å². The van der Waals surface area contributed by atoms with Gasteiger partial charge in [0, 0.05) is 17.6 Å². The molecule has 104 valence electrons. The van der Waals surface area contributed by atoms with Crippen LogP contribution < -0.4 is 0 Å². The first-order valence-electron chi connectivity index (χ1n) is 6.15. The van der Waals surface area contributed by atoms with Gasteiger partial charge in [-0.25, -0.2) is 0 Å². The predicted molar refractivity (Wildman–Crippen MR) is 77.3 cm³/mol. The topological polar surface area (TPSA) is 57.6 Å². The molecule has 0 aliphatic heterocycles. The second-order valence-corrected chi connectivity index (χ2v) is 5.42. The summed E-state index contributed by atoms with van der Waals surface area (Å²) in [6.45, 7) is 6.06. The Kier molecular flexibility index (Phi) is 5.54. The molecule has 4 nitrogen and oxygen atoms in total. The number of hydrogen-bond acceptors (Lipinski definition) is 2. The van der Waals surface area contributed by atoms with E-state index in [-0.39, 0.29) is 12.5 Å². The molecule has 1 unspecified atom stereocenters. The summed E-state index contributed by atoms with van der Waals surface area (Å²) in [4.78, 5) is 24.8. The van der Waals surface area contributed by atoms with E-state index < -0.39 is 11.9 Å². The lowest BCUT2D eigenvalue weighted by Crippen LogP contribution is -2.37. The van der Waals surface area contributed by atoms with Crippen molar-refractivity contribution in [2.24, 2.45) is 5.92 Å². The Hall–Kier alpha value is -1.36. The third-order valence-electron chi connectivity index (χ3n) is 2.94. The largest absolute Gasteiger partial charge is 0.481 e. The SMILES string of the molecule is CCN(CC(C)C(=O)O)C(=O)c1cc(C)ccc1Br. The van der Waals surface area contributed by atoms with E-state index in [9.17, 15) is 9.59 Å². The lowest BCUT2D eigenvalue weighted by molar-refractivity contribution is -0.141. The molecule has 19 heavy (non-hydrogen) atoms. The van der Waals surface area contributed by atoms with Crippen LogP contribution in [0.5, 0.6) is 0 Å². The Labute approximate surface area is 121 Å². The van der Waals surface area contributed by atoms with Crippen molar-refractivity contribution in [1.82, 2.24) is 4.90 Å². The number of carboxylic acids is 1. The van der Waals surface area contributed by atoms with Crippen molar-refractivity contribution in [3.63, 3.8) is 0 Å². The molecule has 5 heteroatoms. The van der Waals surface area contributed by atoms with Gasteiger partial charge in [-0.3, -0.25) is 9.59 Å². The van der Waals surface area contributed by atoms with E-state index in [2.05, 4.69) is 15.9 Å². The van der Waals surface area contributed by atoms with Crippen molar-refractivity contribution in [1.29, 1.82) is 0 Å². The van der Waals surface area contributed by atoms with Gasteiger partial charge in [-0.2, -0.15) is 0 Å². The number of halogens is 1. The average molecular weight is 328 g/mol. The monoisotopic (exact) mass is 327 g/mol. The van der Waals surface area contributed by atoms with Crippen molar-refractivity contribution in [2.75, 3.05) is 13.1 Å². The smallest absolute Gasteiger partial charge is 0.308 e. The normalized spacial score (nSPS) is 12.0. The molecular weight excluding hydrogens is 310 g/mol. The van der Waals surface area contributed by atoms with Gasteiger partial charge in [0.15, 0.2) is 0 Å². The number of amides is 1. The zero-order valence-electron chi connectivity index (χ0n) is 11.3. The third-order valence-corrected chi connectivity index (χ3v) is 3.63. The van der Waals surface area contributed by atoms with Crippen LogP contribution in [0.25, 0.3) is 0 Å². The first-order valence-corrected chi connectivity index (χ1v) is 6.94. The van der Waals surface area contributed by atoms with Crippen LogP contribution in [0.4, 0.5) is 0 Å². The Morgan fingerprint density at radius 2 is 2.05 bits per heavy atom. The van der Waals surface area contributed by atoms with Crippen LogP contribution in [0.3, 0.4) is 0 Å². The van der Waals surface area contributed by atoms with Crippen LogP contribution in [0, 0.1) is 12.8 Å². The number of carbonyl (C=O) groups excluding carboxylic acids is 1. The molecule has 1 amide bonds. The summed E-state index contributed by atoms with van der Waals surface area (Å²) in [5.41, 5.74) is 1.56. The minimum Gasteiger partial charge on any atom is -0.481 e. The van der Waals surface area contributed by atoms with Gasteiger partial charge in [0.25, 0.3) is 5.91 Å². The van der Waals surface area contributed by atoms with Gasteiger partial charge in [-0.15, -0.1) is 0 Å². The number of hydrogen-bond donors (Lipinski definition) is 1. The summed E-state index contributed by atoms with van der Waals surface area (Å²) in [7, 11) is 0. The van der Waals surface area contributed by atoms with E-state index in [1.165, 1.54) is 0 Å². The average Bonchev–Trinajstić information content (AvgIpc) is 2.37. The molecule has 0 saturated heterocycles. The maximum Gasteiger partial charge on any atom is 0.308 e. The summed E-state index contributed by atoms with van der Waals surface area (Å²) in [6, 6.07) is 5.55. The highest BCUT2D eigenvalue weighted by molar-refractivity contribution is 9.10. The molecule has 0 aliphatic carbocycles. The van der Waals surface area contributed by atoms with E-state index in [0.29, 0.717) is 12.1 Å². The molecule has 1 aromatic rings. The Bertz CT molecular complexity index is 488. The van der Waals surface area contributed by atoms with Gasteiger partial charge in [0.05, 0.1) is 11.5 Å². The highest BCUT2D eigenvalue weighted by Gasteiger charge is 2.21. The Balaban J connectivity index is 2.95. The van der Waals surface area contributed by atoms with Crippen molar-refractivity contribution in [2.45, 2.75) is 20.8 Å². The zero-order valence-corrected chi connectivity index (χ0v) is 12.9. The summed E-state index contributed by atoms with van der Waals surface area (Å²) < 4.78 is 0.726. The lowest BCUT2D eigenvalue weighted by atomic mass is 10.1. The second-order valence-electron chi connectivity index (χ2n) is 4.57. The van der Waals surface area contributed by atoms with Crippen LogP contribution in [0.2, 0.25) is 0 Å². The molecule has 0 radical (unpaired) electrons. The van der Waals surface area contributed by atoms with Gasteiger partial charge in [0.2, 0.25) is 0 Å². The van der Waals surface area contributed by atoms with Crippen molar-refractivity contribution >= 4 is 27.8 Å². The minimum atomic E-state index is -0.894. The summed E-state index contributed by atoms with van der Waals surface area (Å²) in [5, 5.41) is 8.93. The van der Waals surface area contributed by atoms with Gasteiger partial charge in [-0.05, 0) is 41.9 Å². The molecule has 0 aromatic heterocycles. The van der Waals surface area contributed by atoms with Crippen LogP contribution in [0.1, 0.15) is 29.8 Å². The maximum atomic E-state index is 12.4. The summed E-state index contributed by atoms with van der Waals surface area (Å²) in [6.07, 6.45) is 0. The summed E-state index contributed by atoms with van der Waals surface area (Å²) >= 11 is 3.36. The molecule has 1 aromatic carbocycles. The predicted octanol–water partition coefficient (Wildman–Crippen LogP) is 2.94. The zero-order chi connectivity index (χ0) is 14.6. The molecule has 1 atom stereocenters. The molecule has 0 spiro atoms. The molecule has 0 aliphatic rings. The van der Waals surface area contributed by atoms with Gasteiger partial charge >= 0.3 is 5.97 Å². The second kappa shape index (κ2) is 6.70. The van der Waals surface area contributed by atoms with E-state index >= 15 is 0 Å². The van der Waals surface area contributed by atoms with Crippen LogP contribution in [-0.2, 0) is 4.79 Å². The number of carboxylic acid groups (broad SMARTS) is 1. The highest BCUT2D eigenvalue weighted by Crippen LogP contribution is 2.20.